The van der Waals surface area contributed by atoms with Crippen LogP contribution in [-0.2, 0) is 4.74 Å². The average Bonchev–Trinajstić information content (AvgIpc) is 2.46. The summed E-state index contributed by atoms with van der Waals surface area (Å²) >= 11 is 0. The Labute approximate surface area is 119 Å². The lowest BCUT2D eigenvalue weighted by Crippen LogP contribution is -2.19. The molecule has 20 heavy (non-hydrogen) atoms. The van der Waals surface area contributed by atoms with Gasteiger partial charge in [-0.1, -0.05) is 26.2 Å². The lowest BCUT2D eigenvalue weighted by molar-refractivity contribution is 0.0600. The van der Waals surface area contributed by atoms with Crippen LogP contribution < -0.4 is 5.73 Å². The number of nitrogen functional groups attached to an aromatic ring is 1. The summed E-state index contributed by atoms with van der Waals surface area (Å²) in [6, 6.07) is 0. The van der Waals surface area contributed by atoms with Crippen molar-refractivity contribution in [2.75, 3.05) is 12.8 Å². The van der Waals surface area contributed by atoms with Gasteiger partial charge in [-0.3, -0.25) is 0 Å². The second kappa shape index (κ2) is 6.20. The van der Waals surface area contributed by atoms with Crippen LogP contribution in [0, 0.1) is 12.8 Å². The molecular weight excluding hydrogens is 254 g/mol. The number of ether oxygens (including phenoxy) is 1. The Morgan fingerprint density at radius 1 is 1.40 bits per heavy atom. The second-order valence-corrected chi connectivity index (χ2v) is 5.56. The number of aryl methyl sites for hydroxylation is 1. The Morgan fingerprint density at radius 3 is 2.75 bits per heavy atom. The molecule has 1 aliphatic rings. The number of carbonyl (C=O) groups excluding carboxylic acids is 1. The first-order valence-corrected chi connectivity index (χ1v) is 7.29. The number of carbonyl (C=O) groups is 1. The molecule has 2 atom stereocenters. The van der Waals surface area contributed by atoms with Gasteiger partial charge in [-0.25, -0.2) is 14.8 Å². The van der Waals surface area contributed by atoms with E-state index in [1.54, 1.807) is 6.92 Å². The summed E-state index contributed by atoms with van der Waals surface area (Å²) in [7, 11) is 1.34. The number of methoxy groups -OCH3 is 1. The van der Waals surface area contributed by atoms with Crippen molar-refractivity contribution in [2.45, 2.75) is 51.9 Å². The Hall–Kier alpha value is -1.65. The highest BCUT2D eigenvalue weighted by atomic mass is 16.5. The van der Waals surface area contributed by atoms with Gasteiger partial charge in [0.05, 0.1) is 12.8 Å². The van der Waals surface area contributed by atoms with Crippen LogP contribution in [0.4, 0.5) is 5.82 Å². The molecule has 5 nitrogen and oxygen atoms in total. The first-order chi connectivity index (χ1) is 9.56. The summed E-state index contributed by atoms with van der Waals surface area (Å²) < 4.78 is 4.72. The summed E-state index contributed by atoms with van der Waals surface area (Å²) in [4.78, 5) is 20.5. The summed E-state index contributed by atoms with van der Waals surface area (Å²) in [6.07, 6.45) is 5.93. The van der Waals surface area contributed by atoms with Crippen molar-refractivity contribution in [1.82, 2.24) is 9.97 Å². The maximum absolute atomic E-state index is 11.7. The number of hydrogen-bond donors (Lipinski definition) is 1. The maximum atomic E-state index is 11.7. The molecule has 1 saturated carbocycles. The molecule has 1 aromatic heterocycles. The third-order valence-electron chi connectivity index (χ3n) is 4.25. The number of nitrogens with two attached hydrogens (primary N) is 1. The zero-order valence-corrected chi connectivity index (χ0v) is 12.5. The van der Waals surface area contributed by atoms with Crippen molar-refractivity contribution in [1.29, 1.82) is 0 Å². The molecule has 0 saturated heterocycles. The van der Waals surface area contributed by atoms with Gasteiger partial charge in [0, 0.05) is 5.92 Å². The summed E-state index contributed by atoms with van der Waals surface area (Å²) in [6.45, 7) is 4.02. The summed E-state index contributed by atoms with van der Waals surface area (Å²) in [5, 5.41) is 0. The molecular formula is C15H23N3O2. The Bertz CT molecular complexity index is 479. The van der Waals surface area contributed by atoms with Crippen molar-refractivity contribution in [2.24, 2.45) is 5.92 Å². The van der Waals surface area contributed by atoms with Crippen LogP contribution in [0.15, 0.2) is 0 Å². The highest BCUT2D eigenvalue weighted by molar-refractivity contribution is 5.95. The molecule has 1 heterocycles. The highest BCUT2D eigenvalue weighted by Gasteiger charge is 2.26. The molecule has 0 aromatic carbocycles. The lowest BCUT2D eigenvalue weighted by Gasteiger charge is -2.27. The van der Waals surface area contributed by atoms with Gasteiger partial charge in [-0.15, -0.1) is 0 Å². The van der Waals surface area contributed by atoms with Crippen molar-refractivity contribution in [3.63, 3.8) is 0 Å². The van der Waals surface area contributed by atoms with Gasteiger partial charge in [0.2, 0.25) is 0 Å². The number of rotatable bonds is 3. The molecule has 1 aromatic rings. The molecule has 5 heteroatoms. The van der Waals surface area contributed by atoms with Crippen molar-refractivity contribution in [3.05, 3.63) is 17.1 Å². The molecule has 2 rings (SSSR count). The quantitative estimate of drug-likeness (QED) is 0.859. The minimum atomic E-state index is -0.471. The minimum Gasteiger partial charge on any atom is -0.465 e. The van der Waals surface area contributed by atoms with Gasteiger partial charge >= 0.3 is 5.97 Å². The van der Waals surface area contributed by atoms with E-state index in [0.29, 0.717) is 17.2 Å². The SMILES string of the molecule is CCC1CCCC(c2nc(C)c(C(=O)OC)c(N)n2)C1. The third-order valence-corrected chi connectivity index (χ3v) is 4.25. The molecule has 0 aliphatic heterocycles. The largest absolute Gasteiger partial charge is 0.465 e. The fraction of sp³-hybridized carbons (Fsp3) is 0.667. The van der Waals surface area contributed by atoms with Gasteiger partial charge in [-0.05, 0) is 25.7 Å². The zero-order valence-electron chi connectivity index (χ0n) is 12.5. The van der Waals surface area contributed by atoms with E-state index < -0.39 is 5.97 Å². The smallest absolute Gasteiger partial charge is 0.343 e. The van der Waals surface area contributed by atoms with E-state index in [1.165, 1.54) is 26.4 Å². The normalized spacial score (nSPS) is 22.6. The first kappa shape index (κ1) is 14.8. The highest BCUT2D eigenvalue weighted by Crippen LogP contribution is 2.36. The number of esters is 1. The van der Waals surface area contributed by atoms with E-state index in [4.69, 9.17) is 10.5 Å². The van der Waals surface area contributed by atoms with Crippen molar-refractivity contribution < 1.29 is 9.53 Å². The predicted molar refractivity (Wildman–Crippen MR) is 77.5 cm³/mol. The molecule has 0 bridgehead atoms. The van der Waals surface area contributed by atoms with Gasteiger partial charge < -0.3 is 10.5 Å². The number of aromatic nitrogens is 2. The standard InChI is InChI=1S/C15H23N3O2/c1-4-10-6-5-7-11(8-10)14-17-9(2)12(13(16)18-14)15(19)20-3/h10-11H,4-8H2,1-3H3,(H2,16,17,18). The van der Waals surface area contributed by atoms with Crippen LogP contribution in [0.2, 0.25) is 0 Å². The Morgan fingerprint density at radius 2 is 2.15 bits per heavy atom. The van der Waals surface area contributed by atoms with Crippen molar-refractivity contribution in [3.8, 4) is 0 Å². The third kappa shape index (κ3) is 2.92. The summed E-state index contributed by atoms with van der Waals surface area (Å²) in [5.74, 6) is 1.66. The zero-order chi connectivity index (χ0) is 14.7. The van der Waals surface area contributed by atoms with Crippen LogP contribution in [0.25, 0.3) is 0 Å². The van der Waals surface area contributed by atoms with Crippen LogP contribution in [0.5, 0.6) is 0 Å². The molecule has 110 valence electrons. The van der Waals surface area contributed by atoms with Gasteiger partial charge in [0.15, 0.2) is 0 Å². The van der Waals surface area contributed by atoms with Crippen LogP contribution >= 0.6 is 0 Å². The van der Waals surface area contributed by atoms with E-state index in [9.17, 15) is 4.79 Å². The monoisotopic (exact) mass is 277 g/mol. The van der Waals surface area contributed by atoms with Crippen LogP contribution in [0.1, 0.15) is 66.8 Å². The maximum Gasteiger partial charge on any atom is 0.343 e. The van der Waals surface area contributed by atoms with Crippen molar-refractivity contribution >= 4 is 11.8 Å². The van der Waals surface area contributed by atoms with Gasteiger partial charge in [0.1, 0.15) is 17.2 Å². The molecule has 0 amide bonds. The Kier molecular flexibility index (Phi) is 4.57. The number of nitrogens with zero attached hydrogens (tertiary/aromatic N) is 2. The molecule has 2 N–H and O–H groups in total. The fourth-order valence-corrected chi connectivity index (χ4v) is 3.05. The average molecular weight is 277 g/mol. The molecule has 1 aliphatic carbocycles. The second-order valence-electron chi connectivity index (χ2n) is 5.56. The lowest BCUT2D eigenvalue weighted by atomic mass is 9.80. The molecule has 0 radical (unpaired) electrons. The van der Waals surface area contributed by atoms with Gasteiger partial charge in [-0.2, -0.15) is 0 Å². The minimum absolute atomic E-state index is 0.234. The molecule has 2 unspecified atom stereocenters. The topological polar surface area (TPSA) is 78.1 Å². The predicted octanol–water partition coefficient (Wildman–Crippen LogP) is 2.84. The van der Waals surface area contributed by atoms with E-state index >= 15 is 0 Å². The van der Waals surface area contributed by atoms with Gasteiger partial charge in [0.25, 0.3) is 0 Å². The summed E-state index contributed by atoms with van der Waals surface area (Å²) in [5.41, 5.74) is 6.82. The molecule has 1 fully saturated rings. The van der Waals surface area contributed by atoms with E-state index in [2.05, 4.69) is 16.9 Å². The first-order valence-electron chi connectivity index (χ1n) is 7.29. The fourth-order valence-electron chi connectivity index (χ4n) is 3.05. The molecule has 0 spiro atoms. The van der Waals surface area contributed by atoms with Crippen LogP contribution in [-0.4, -0.2) is 23.0 Å². The number of hydrogen-bond acceptors (Lipinski definition) is 5. The Balaban J connectivity index is 2.28. The van der Waals surface area contributed by atoms with E-state index in [-0.39, 0.29) is 5.82 Å². The van der Waals surface area contributed by atoms with E-state index in [0.717, 1.165) is 24.6 Å². The van der Waals surface area contributed by atoms with Crippen LogP contribution in [0.3, 0.4) is 0 Å². The number of anilines is 1. The van der Waals surface area contributed by atoms with E-state index in [1.807, 2.05) is 0 Å².